The molecule has 0 heterocycles. The number of nitrogens with two attached hydrogens (primary N) is 1. The SMILES string of the molecule is C=CCC[C@H](N)c1cc(I)ccc1F.Cl. The fraction of sp³-hybridized carbons (Fsp3) is 0.273. The molecule has 1 aromatic rings. The van der Waals surface area contributed by atoms with Crippen molar-refractivity contribution in [3.8, 4) is 0 Å². The third-order valence-electron chi connectivity index (χ3n) is 2.04. The minimum atomic E-state index is -0.234. The fourth-order valence-corrected chi connectivity index (χ4v) is 1.77. The first kappa shape index (κ1) is 14.9. The Morgan fingerprint density at radius 3 is 2.80 bits per heavy atom. The molecule has 0 spiro atoms. The van der Waals surface area contributed by atoms with E-state index in [2.05, 4.69) is 29.2 Å². The van der Waals surface area contributed by atoms with Crippen LogP contribution in [0.2, 0.25) is 0 Å². The number of benzene rings is 1. The molecule has 0 aliphatic heterocycles. The quantitative estimate of drug-likeness (QED) is 0.654. The first-order valence-electron chi connectivity index (χ1n) is 4.46. The van der Waals surface area contributed by atoms with Crippen molar-refractivity contribution in [2.24, 2.45) is 5.73 Å². The summed E-state index contributed by atoms with van der Waals surface area (Å²) in [7, 11) is 0. The Morgan fingerprint density at radius 2 is 2.20 bits per heavy atom. The van der Waals surface area contributed by atoms with Crippen LogP contribution in [0.25, 0.3) is 0 Å². The van der Waals surface area contributed by atoms with Crippen molar-refractivity contribution in [1.29, 1.82) is 0 Å². The minimum Gasteiger partial charge on any atom is -0.324 e. The molecule has 1 nitrogen and oxygen atoms in total. The van der Waals surface area contributed by atoms with E-state index < -0.39 is 0 Å². The number of allylic oxidation sites excluding steroid dienone is 1. The second-order valence-corrected chi connectivity index (χ2v) is 4.38. The molecule has 1 atom stereocenters. The highest BCUT2D eigenvalue weighted by atomic mass is 127. The molecule has 0 saturated carbocycles. The summed E-state index contributed by atoms with van der Waals surface area (Å²) >= 11 is 2.15. The Bertz CT molecular complexity index is 330. The molecule has 4 heteroatoms. The van der Waals surface area contributed by atoms with Gasteiger partial charge in [0.15, 0.2) is 0 Å². The molecule has 0 radical (unpaired) electrons. The van der Waals surface area contributed by atoms with Crippen LogP contribution in [0.5, 0.6) is 0 Å². The predicted molar refractivity (Wildman–Crippen MR) is 72.7 cm³/mol. The van der Waals surface area contributed by atoms with E-state index in [4.69, 9.17) is 5.73 Å². The van der Waals surface area contributed by atoms with Crippen molar-refractivity contribution in [3.05, 3.63) is 45.8 Å². The Morgan fingerprint density at radius 1 is 1.53 bits per heavy atom. The molecule has 1 aromatic carbocycles. The maximum absolute atomic E-state index is 13.3. The molecule has 1 rings (SSSR count). The van der Waals surface area contributed by atoms with Crippen molar-refractivity contribution < 1.29 is 4.39 Å². The van der Waals surface area contributed by atoms with Gasteiger partial charge in [-0.1, -0.05) is 6.08 Å². The third-order valence-corrected chi connectivity index (χ3v) is 2.71. The van der Waals surface area contributed by atoms with Gasteiger partial charge in [0.2, 0.25) is 0 Å². The molecule has 0 saturated heterocycles. The average Bonchev–Trinajstić information content (AvgIpc) is 2.18. The first-order valence-corrected chi connectivity index (χ1v) is 5.54. The maximum atomic E-state index is 13.3. The van der Waals surface area contributed by atoms with Crippen molar-refractivity contribution in [2.75, 3.05) is 0 Å². The standard InChI is InChI=1S/C11H13FIN.ClH/c1-2-3-4-11(14)9-7-8(13)5-6-10(9)12;/h2,5-7,11H,1,3-4,14H2;1H/t11-;/m0./s1. The van der Waals surface area contributed by atoms with Gasteiger partial charge in [-0.3, -0.25) is 0 Å². The van der Waals surface area contributed by atoms with Gasteiger partial charge in [0, 0.05) is 15.2 Å². The molecule has 0 aliphatic rings. The Kier molecular flexibility index (Phi) is 7.13. The minimum absolute atomic E-state index is 0. The molecular weight excluding hydrogens is 327 g/mol. The largest absolute Gasteiger partial charge is 0.324 e. The average molecular weight is 342 g/mol. The Balaban J connectivity index is 0.00000196. The number of hydrogen-bond acceptors (Lipinski definition) is 1. The molecule has 0 amide bonds. The second-order valence-electron chi connectivity index (χ2n) is 3.14. The highest BCUT2D eigenvalue weighted by Gasteiger charge is 2.10. The lowest BCUT2D eigenvalue weighted by Gasteiger charge is -2.12. The van der Waals surface area contributed by atoms with Crippen molar-refractivity contribution in [2.45, 2.75) is 18.9 Å². The van der Waals surface area contributed by atoms with Crippen molar-refractivity contribution in [1.82, 2.24) is 0 Å². The van der Waals surface area contributed by atoms with Gasteiger partial charge in [0.05, 0.1) is 0 Å². The third kappa shape index (κ3) is 4.49. The van der Waals surface area contributed by atoms with Crippen molar-refractivity contribution in [3.63, 3.8) is 0 Å². The van der Waals surface area contributed by atoms with E-state index in [0.29, 0.717) is 5.56 Å². The van der Waals surface area contributed by atoms with Gasteiger partial charge in [0.25, 0.3) is 0 Å². The lowest BCUT2D eigenvalue weighted by molar-refractivity contribution is 0.566. The second kappa shape index (κ2) is 7.19. The summed E-state index contributed by atoms with van der Waals surface area (Å²) in [6, 6.07) is 4.76. The zero-order valence-electron chi connectivity index (χ0n) is 8.25. The van der Waals surface area contributed by atoms with E-state index in [1.54, 1.807) is 18.2 Å². The Hall–Kier alpha value is -0.130. The van der Waals surface area contributed by atoms with Gasteiger partial charge in [-0.05, 0) is 53.6 Å². The highest BCUT2D eigenvalue weighted by molar-refractivity contribution is 14.1. The topological polar surface area (TPSA) is 26.0 Å². The molecule has 84 valence electrons. The van der Waals surface area contributed by atoms with Crippen LogP contribution in [0.4, 0.5) is 4.39 Å². The van der Waals surface area contributed by atoms with E-state index in [1.165, 1.54) is 6.07 Å². The number of rotatable bonds is 4. The number of hydrogen-bond donors (Lipinski definition) is 1. The van der Waals surface area contributed by atoms with Crippen LogP contribution in [-0.2, 0) is 0 Å². The van der Waals surface area contributed by atoms with Crippen LogP contribution in [0.15, 0.2) is 30.9 Å². The first-order chi connectivity index (χ1) is 6.65. The molecule has 0 unspecified atom stereocenters. The molecule has 15 heavy (non-hydrogen) atoms. The van der Waals surface area contributed by atoms with Crippen LogP contribution in [0, 0.1) is 9.39 Å². The smallest absolute Gasteiger partial charge is 0.128 e. The van der Waals surface area contributed by atoms with Crippen LogP contribution in [-0.4, -0.2) is 0 Å². The Labute approximate surface area is 109 Å². The van der Waals surface area contributed by atoms with E-state index in [1.807, 2.05) is 0 Å². The molecule has 0 aliphatic carbocycles. The van der Waals surface area contributed by atoms with Gasteiger partial charge in [-0.15, -0.1) is 19.0 Å². The summed E-state index contributed by atoms with van der Waals surface area (Å²) in [5.74, 6) is -0.220. The van der Waals surface area contributed by atoms with E-state index in [9.17, 15) is 4.39 Å². The lowest BCUT2D eigenvalue weighted by atomic mass is 10.0. The zero-order valence-corrected chi connectivity index (χ0v) is 11.2. The fourth-order valence-electron chi connectivity index (χ4n) is 1.25. The monoisotopic (exact) mass is 341 g/mol. The summed E-state index contributed by atoms with van der Waals surface area (Å²) in [5, 5.41) is 0. The summed E-state index contributed by atoms with van der Waals surface area (Å²) in [4.78, 5) is 0. The van der Waals surface area contributed by atoms with E-state index >= 15 is 0 Å². The van der Waals surface area contributed by atoms with Gasteiger partial charge in [-0.25, -0.2) is 4.39 Å². The summed E-state index contributed by atoms with van der Waals surface area (Å²) < 4.78 is 14.3. The molecule has 2 N–H and O–H groups in total. The van der Waals surface area contributed by atoms with Crippen LogP contribution >= 0.6 is 35.0 Å². The lowest BCUT2D eigenvalue weighted by Crippen LogP contribution is -2.11. The van der Waals surface area contributed by atoms with Gasteiger partial charge < -0.3 is 5.73 Å². The van der Waals surface area contributed by atoms with E-state index in [-0.39, 0.29) is 24.3 Å². The molecule has 0 aromatic heterocycles. The van der Waals surface area contributed by atoms with E-state index in [0.717, 1.165) is 16.4 Å². The maximum Gasteiger partial charge on any atom is 0.128 e. The molecular formula is C11H14ClFIN. The normalized spacial score (nSPS) is 11.7. The predicted octanol–water partition coefficient (Wildman–Crippen LogP) is 3.82. The highest BCUT2D eigenvalue weighted by Crippen LogP contribution is 2.21. The van der Waals surface area contributed by atoms with Crippen LogP contribution in [0.3, 0.4) is 0 Å². The molecule has 0 bridgehead atoms. The van der Waals surface area contributed by atoms with Gasteiger partial charge in [0.1, 0.15) is 5.82 Å². The molecule has 0 fully saturated rings. The van der Waals surface area contributed by atoms with Crippen LogP contribution in [0.1, 0.15) is 24.4 Å². The zero-order chi connectivity index (χ0) is 10.6. The summed E-state index contributed by atoms with van der Waals surface area (Å²) in [5.41, 5.74) is 6.46. The van der Waals surface area contributed by atoms with Gasteiger partial charge >= 0.3 is 0 Å². The van der Waals surface area contributed by atoms with Crippen molar-refractivity contribution >= 4 is 35.0 Å². The van der Waals surface area contributed by atoms with Crippen LogP contribution < -0.4 is 5.73 Å². The summed E-state index contributed by atoms with van der Waals surface area (Å²) in [6.07, 6.45) is 3.35. The number of halogens is 3. The summed E-state index contributed by atoms with van der Waals surface area (Å²) in [6.45, 7) is 3.62. The van der Waals surface area contributed by atoms with Gasteiger partial charge in [-0.2, -0.15) is 0 Å².